The van der Waals surface area contributed by atoms with E-state index in [1.54, 1.807) is 9.80 Å². The summed E-state index contributed by atoms with van der Waals surface area (Å²) in [5.74, 6) is 0.0352. The molecule has 0 N–H and O–H groups in total. The van der Waals surface area contributed by atoms with Gasteiger partial charge in [-0.2, -0.15) is 0 Å². The summed E-state index contributed by atoms with van der Waals surface area (Å²) in [5, 5.41) is 0. The smallest absolute Gasteiger partial charge is 0.410 e. The quantitative estimate of drug-likeness (QED) is 0.839. The number of carbonyl (C=O) groups is 2. The fourth-order valence-corrected chi connectivity index (χ4v) is 2.67. The van der Waals surface area contributed by atoms with Gasteiger partial charge in [-0.25, -0.2) is 4.79 Å². The van der Waals surface area contributed by atoms with Crippen molar-refractivity contribution in [3.63, 3.8) is 0 Å². The Balaban J connectivity index is 1.73. The molecule has 1 aromatic rings. The van der Waals surface area contributed by atoms with E-state index in [9.17, 15) is 9.59 Å². The third-order valence-corrected chi connectivity index (χ3v) is 4.14. The third-order valence-electron chi connectivity index (χ3n) is 4.14. The number of amides is 2. The molecule has 2 rings (SSSR count). The highest BCUT2D eigenvalue weighted by Gasteiger charge is 2.26. The Hall–Kier alpha value is -2.08. The first-order valence-electron chi connectivity index (χ1n) is 8.77. The van der Waals surface area contributed by atoms with Gasteiger partial charge in [-0.15, -0.1) is 0 Å². The minimum absolute atomic E-state index is 0.0352. The van der Waals surface area contributed by atoms with Crippen LogP contribution in [0, 0.1) is 0 Å². The highest BCUT2D eigenvalue weighted by Crippen LogP contribution is 2.12. The molecule has 0 aliphatic carbocycles. The Kier molecular flexibility index (Phi) is 6.42. The SMILES string of the molecule is CN(CCN1CCN(C(=O)OC(C)(C)C)CC1)C(=O)c1ccccc1. The van der Waals surface area contributed by atoms with Crippen molar-refractivity contribution in [2.24, 2.45) is 0 Å². The zero-order chi connectivity index (χ0) is 18.4. The maximum Gasteiger partial charge on any atom is 0.410 e. The Labute approximate surface area is 150 Å². The number of ether oxygens (including phenoxy) is 1. The van der Waals surface area contributed by atoms with Gasteiger partial charge in [0, 0.05) is 51.9 Å². The fourth-order valence-electron chi connectivity index (χ4n) is 2.67. The van der Waals surface area contributed by atoms with Crippen LogP contribution in [-0.4, -0.2) is 78.6 Å². The molecule has 1 aliphatic rings. The highest BCUT2D eigenvalue weighted by atomic mass is 16.6. The molecular weight excluding hydrogens is 318 g/mol. The monoisotopic (exact) mass is 347 g/mol. The molecular formula is C19H29N3O3. The summed E-state index contributed by atoms with van der Waals surface area (Å²) in [4.78, 5) is 30.2. The molecule has 0 unspecified atom stereocenters. The number of carbonyl (C=O) groups excluding carboxylic acids is 2. The molecule has 6 heteroatoms. The molecule has 0 bridgehead atoms. The Morgan fingerprint density at radius 2 is 1.68 bits per heavy atom. The molecule has 0 saturated carbocycles. The minimum atomic E-state index is -0.464. The predicted octanol–water partition coefficient (Wildman–Crippen LogP) is 2.31. The van der Waals surface area contributed by atoms with Gasteiger partial charge in [0.05, 0.1) is 0 Å². The van der Waals surface area contributed by atoms with Crippen molar-refractivity contribution >= 4 is 12.0 Å². The first-order valence-corrected chi connectivity index (χ1v) is 8.77. The molecule has 0 spiro atoms. The summed E-state index contributed by atoms with van der Waals surface area (Å²) in [6.45, 7) is 10.0. The van der Waals surface area contributed by atoms with Gasteiger partial charge in [0.25, 0.3) is 5.91 Å². The normalized spacial score (nSPS) is 15.8. The van der Waals surface area contributed by atoms with Crippen LogP contribution in [0.1, 0.15) is 31.1 Å². The van der Waals surface area contributed by atoms with E-state index in [2.05, 4.69) is 4.90 Å². The molecule has 1 heterocycles. The average molecular weight is 347 g/mol. The number of benzene rings is 1. The van der Waals surface area contributed by atoms with Gasteiger partial charge in [-0.3, -0.25) is 9.69 Å². The largest absolute Gasteiger partial charge is 0.444 e. The van der Waals surface area contributed by atoms with E-state index in [1.165, 1.54) is 0 Å². The maximum atomic E-state index is 12.3. The van der Waals surface area contributed by atoms with Gasteiger partial charge in [0.15, 0.2) is 0 Å². The van der Waals surface area contributed by atoms with Gasteiger partial charge in [-0.1, -0.05) is 18.2 Å². The summed E-state index contributed by atoms with van der Waals surface area (Å²) in [6, 6.07) is 9.31. The van der Waals surface area contributed by atoms with Crippen LogP contribution in [0.25, 0.3) is 0 Å². The maximum absolute atomic E-state index is 12.3. The van der Waals surface area contributed by atoms with Gasteiger partial charge < -0.3 is 14.5 Å². The van der Waals surface area contributed by atoms with Crippen molar-refractivity contribution in [1.82, 2.24) is 14.7 Å². The Morgan fingerprint density at radius 3 is 2.24 bits per heavy atom. The number of hydrogen-bond donors (Lipinski definition) is 0. The van der Waals surface area contributed by atoms with Crippen LogP contribution >= 0.6 is 0 Å². The van der Waals surface area contributed by atoms with Crippen LogP contribution in [0.5, 0.6) is 0 Å². The second-order valence-electron chi connectivity index (χ2n) is 7.40. The highest BCUT2D eigenvalue weighted by molar-refractivity contribution is 5.93. The van der Waals surface area contributed by atoms with Crippen LogP contribution in [0.4, 0.5) is 4.79 Å². The zero-order valence-electron chi connectivity index (χ0n) is 15.7. The molecule has 0 atom stereocenters. The van der Waals surface area contributed by atoms with Crippen LogP contribution in [0.15, 0.2) is 30.3 Å². The Morgan fingerprint density at radius 1 is 1.08 bits per heavy atom. The molecule has 1 saturated heterocycles. The van der Waals surface area contributed by atoms with Crippen LogP contribution in [0.3, 0.4) is 0 Å². The fraction of sp³-hybridized carbons (Fsp3) is 0.579. The number of rotatable bonds is 4. The summed E-state index contributed by atoms with van der Waals surface area (Å²) in [6.07, 6.45) is -0.247. The molecule has 6 nitrogen and oxygen atoms in total. The number of hydrogen-bond acceptors (Lipinski definition) is 4. The molecule has 1 aromatic carbocycles. The van der Waals surface area contributed by atoms with Gasteiger partial charge in [-0.05, 0) is 32.9 Å². The predicted molar refractivity (Wildman–Crippen MR) is 97.6 cm³/mol. The van der Waals surface area contributed by atoms with E-state index in [4.69, 9.17) is 4.74 Å². The summed E-state index contributed by atoms with van der Waals surface area (Å²) < 4.78 is 5.41. The van der Waals surface area contributed by atoms with Crippen molar-refractivity contribution in [3.05, 3.63) is 35.9 Å². The van der Waals surface area contributed by atoms with Crippen molar-refractivity contribution in [1.29, 1.82) is 0 Å². The molecule has 138 valence electrons. The molecule has 0 aromatic heterocycles. The van der Waals surface area contributed by atoms with E-state index >= 15 is 0 Å². The van der Waals surface area contributed by atoms with Crippen molar-refractivity contribution in [3.8, 4) is 0 Å². The van der Waals surface area contributed by atoms with Crippen LogP contribution in [-0.2, 0) is 4.74 Å². The van der Waals surface area contributed by atoms with Crippen molar-refractivity contribution in [2.45, 2.75) is 26.4 Å². The lowest BCUT2D eigenvalue weighted by Crippen LogP contribution is -2.51. The number of piperazine rings is 1. The number of nitrogens with zero attached hydrogens (tertiary/aromatic N) is 3. The second kappa shape index (κ2) is 8.34. The first-order chi connectivity index (χ1) is 11.8. The second-order valence-corrected chi connectivity index (χ2v) is 7.40. The van der Waals surface area contributed by atoms with E-state index in [-0.39, 0.29) is 12.0 Å². The lowest BCUT2D eigenvalue weighted by atomic mass is 10.2. The van der Waals surface area contributed by atoms with Gasteiger partial charge in [0.2, 0.25) is 0 Å². The summed E-state index contributed by atoms with van der Waals surface area (Å²) in [7, 11) is 1.83. The standard InChI is InChI=1S/C19H29N3O3/c1-19(2,3)25-18(24)22-14-12-21(13-15-22)11-10-20(4)17(23)16-8-6-5-7-9-16/h5-9H,10-15H2,1-4H3. The van der Waals surface area contributed by atoms with E-state index in [1.807, 2.05) is 58.2 Å². The topological polar surface area (TPSA) is 53.1 Å². The average Bonchev–Trinajstić information content (AvgIpc) is 2.58. The lowest BCUT2D eigenvalue weighted by Gasteiger charge is -2.36. The lowest BCUT2D eigenvalue weighted by molar-refractivity contribution is 0.0141. The zero-order valence-corrected chi connectivity index (χ0v) is 15.7. The molecule has 1 aliphatic heterocycles. The van der Waals surface area contributed by atoms with Gasteiger partial charge in [0.1, 0.15) is 5.60 Å². The number of likely N-dealkylation sites (N-methyl/N-ethyl adjacent to an activating group) is 1. The molecule has 0 radical (unpaired) electrons. The van der Waals surface area contributed by atoms with Crippen LogP contribution in [0.2, 0.25) is 0 Å². The first kappa shape index (κ1) is 19.2. The van der Waals surface area contributed by atoms with E-state index in [0.717, 1.165) is 19.6 Å². The summed E-state index contributed by atoms with van der Waals surface area (Å²) in [5.41, 5.74) is 0.245. The third kappa shape index (κ3) is 6.05. The van der Waals surface area contributed by atoms with E-state index in [0.29, 0.717) is 25.2 Å². The molecule has 2 amide bonds. The van der Waals surface area contributed by atoms with Gasteiger partial charge >= 0.3 is 6.09 Å². The van der Waals surface area contributed by atoms with Crippen molar-refractivity contribution in [2.75, 3.05) is 46.3 Å². The summed E-state index contributed by atoms with van der Waals surface area (Å²) >= 11 is 0. The molecule has 1 fully saturated rings. The minimum Gasteiger partial charge on any atom is -0.444 e. The Bertz CT molecular complexity index is 575. The van der Waals surface area contributed by atoms with E-state index < -0.39 is 5.60 Å². The van der Waals surface area contributed by atoms with Crippen LogP contribution < -0.4 is 0 Å². The van der Waals surface area contributed by atoms with Crippen molar-refractivity contribution < 1.29 is 14.3 Å². The molecule has 25 heavy (non-hydrogen) atoms.